The summed E-state index contributed by atoms with van der Waals surface area (Å²) < 4.78 is 33.4. The van der Waals surface area contributed by atoms with Gasteiger partial charge in [-0.15, -0.1) is 0 Å². The van der Waals surface area contributed by atoms with Crippen molar-refractivity contribution in [3.8, 4) is 0 Å². The Labute approximate surface area is 102 Å². The summed E-state index contributed by atoms with van der Waals surface area (Å²) in [6.07, 6.45) is -2.01. The molecule has 2 heterocycles. The summed E-state index contributed by atoms with van der Waals surface area (Å²) >= 11 is 0. The fraction of sp³-hybridized carbons (Fsp3) is 0.800. The normalized spacial score (nSPS) is 24.0. The van der Waals surface area contributed by atoms with Gasteiger partial charge in [0.2, 0.25) is 5.89 Å². The van der Waals surface area contributed by atoms with E-state index in [4.69, 9.17) is 9.26 Å². The highest BCUT2D eigenvalue weighted by atomic mass is 19.3. The molecule has 1 aliphatic heterocycles. The fourth-order valence-electron chi connectivity index (χ4n) is 1.75. The van der Waals surface area contributed by atoms with Gasteiger partial charge in [-0.2, -0.15) is 4.98 Å². The van der Waals surface area contributed by atoms with Crippen molar-refractivity contribution in [2.75, 3.05) is 19.8 Å². The molecule has 18 heavy (non-hydrogen) atoms. The predicted molar refractivity (Wildman–Crippen MR) is 56.2 cm³/mol. The number of aliphatic hydroxyl groups is 1. The van der Waals surface area contributed by atoms with E-state index in [1.54, 1.807) is 0 Å². The molecule has 6 nitrogen and oxygen atoms in total. The zero-order valence-electron chi connectivity index (χ0n) is 9.68. The van der Waals surface area contributed by atoms with E-state index in [-0.39, 0.29) is 12.6 Å². The molecule has 0 spiro atoms. The van der Waals surface area contributed by atoms with Gasteiger partial charge in [-0.05, 0) is 6.42 Å². The maximum absolute atomic E-state index is 11.8. The van der Waals surface area contributed by atoms with Crippen molar-refractivity contribution in [3.63, 3.8) is 0 Å². The van der Waals surface area contributed by atoms with Crippen LogP contribution in [0.25, 0.3) is 0 Å². The molecule has 1 aromatic rings. The maximum atomic E-state index is 11.8. The minimum atomic E-state index is -2.46. The zero-order valence-corrected chi connectivity index (χ0v) is 9.68. The molecule has 1 aromatic heterocycles. The van der Waals surface area contributed by atoms with Crippen LogP contribution in [0.2, 0.25) is 0 Å². The van der Waals surface area contributed by atoms with Crippen molar-refractivity contribution in [2.45, 2.75) is 31.4 Å². The Balaban J connectivity index is 1.76. The van der Waals surface area contributed by atoms with Crippen LogP contribution < -0.4 is 5.32 Å². The lowest BCUT2D eigenvalue weighted by Crippen LogP contribution is -2.15. The van der Waals surface area contributed by atoms with E-state index in [9.17, 15) is 13.9 Å². The Morgan fingerprint density at radius 1 is 1.56 bits per heavy atom. The lowest BCUT2D eigenvalue weighted by Gasteiger charge is -2.01. The molecular weight excluding hydrogens is 248 g/mol. The van der Waals surface area contributed by atoms with E-state index < -0.39 is 19.1 Å². The topological polar surface area (TPSA) is 80.4 Å². The number of hydrogen-bond donors (Lipinski definition) is 2. The first-order valence-corrected chi connectivity index (χ1v) is 5.75. The molecule has 2 N–H and O–H groups in total. The molecule has 1 aliphatic rings. The van der Waals surface area contributed by atoms with Gasteiger partial charge in [0.25, 0.3) is 6.43 Å². The quantitative estimate of drug-likeness (QED) is 0.718. The molecule has 1 fully saturated rings. The Bertz CT molecular complexity index is 375. The number of aliphatic hydroxyl groups excluding tert-OH is 1. The molecule has 0 radical (unpaired) electrons. The zero-order chi connectivity index (χ0) is 13.0. The number of alkyl halides is 2. The van der Waals surface area contributed by atoms with Crippen LogP contribution in [0, 0.1) is 0 Å². The van der Waals surface area contributed by atoms with Crippen molar-refractivity contribution >= 4 is 0 Å². The summed E-state index contributed by atoms with van der Waals surface area (Å²) in [5.41, 5.74) is 0. The SMILES string of the molecule is O[C@@H]1CN[C@H](c2nc(CCOCC(F)F)no2)C1. The molecule has 0 aromatic carbocycles. The van der Waals surface area contributed by atoms with Gasteiger partial charge < -0.3 is 19.7 Å². The van der Waals surface area contributed by atoms with Gasteiger partial charge in [0, 0.05) is 13.0 Å². The number of β-amino-alcohol motifs (C(OH)–C–C–N with tert-alkyl or cyclic N) is 1. The van der Waals surface area contributed by atoms with E-state index in [1.165, 1.54) is 0 Å². The molecule has 0 amide bonds. The first-order valence-electron chi connectivity index (χ1n) is 5.75. The molecule has 0 unspecified atom stereocenters. The highest BCUT2D eigenvalue weighted by Gasteiger charge is 2.27. The molecule has 2 rings (SSSR count). The summed E-state index contributed by atoms with van der Waals surface area (Å²) in [4.78, 5) is 4.12. The highest BCUT2D eigenvalue weighted by Crippen LogP contribution is 2.21. The van der Waals surface area contributed by atoms with Crippen LogP contribution in [0.3, 0.4) is 0 Å². The predicted octanol–water partition coefficient (Wildman–Crippen LogP) is 0.289. The molecule has 102 valence electrons. The van der Waals surface area contributed by atoms with Gasteiger partial charge in [0.15, 0.2) is 5.82 Å². The second-order valence-corrected chi connectivity index (χ2v) is 4.12. The van der Waals surface area contributed by atoms with Crippen molar-refractivity contribution in [3.05, 3.63) is 11.7 Å². The van der Waals surface area contributed by atoms with Crippen molar-refractivity contribution in [1.82, 2.24) is 15.5 Å². The summed E-state index contributed by atoms with van der Waals surface area (Å²) in [5.74, 6) is 0.831. The van der Waals surface area contributed by atoms with E-state index >= 15 is 0 Å². The average Bonchev–Trinajstić information content (AvgIpc) is 2.93. The number of hydrogen-bond acceptors (Lipinski definition) is 6. The number of nitrogens with zero attached hydrogens (tertiary/aromatic N) is 2. The number of rotatable bonds is 6. The summed E-state index contributed by atoms with van der Waals surface area (Å²) in [6.45, 7) is 0.0466. The highest BCUT2D eigenvalue weighted by molar-refractivity contribution is 4.97. The lowest BCUT2D eigenvalue weighted by atomic mass is 10.2. The summed E-state index contributed by atoms with van der Waals surface area (Å²) in [7, 11) is 0. The Morgan fingerprint density at radius 3 is 3.06 bits per heavy atom. The summed E-state index contributed by atoms with van der Waals surface area (Å²) in [6, 6.07) is -0.136. The third-order valence-corrected chi connectivity index (χ3v) is 2.60. The van der Waals surface area contributed by atoms with Gasteiger partial charge in [0.05, 0.1) is 18.8 Å². The van der Waals surface area contributed by atoms with Crippen molar-refractivity contribution in [2.24, 2.45) is 0 Å². The van der Waals surface area contributed by atoms with Gasteiger partial charge in [0.1, 0.15) is 6.61 Å². The second-order valence-electron chi connectivity index (χ2n) is 4.12. The number of nitrogens with one attached hydrogen (secondary N) is 1. The van der Waals surface area contributed by atoms with Crippen LogP contribution in [0.15, 0.2) is 4.52 Å². The molecule has 8 heteroatoms. The van der Waals surface area contributed by atoms with E-state index in [1.807, 2.05) is 0 Å². The van der Waals surface area contributed by atoms with E-state index in [0.29, 0.717) is 31.1 Å². The third-order valence-electron chi connectivity index (χ3n) is 2.60. The molecule has 0 aliphatic carbocycles. The largest absolute Gasteiger partial charge is 0.392 e. The molecular formula is C10H15F2N3O3. The van der Waals surface area contributed by atoms with Gasteiger partial charge in [-0.25, -0.2) is 8.78 Å². The molecule has 1 saturated heterocycles. The van der Waals surface area contributed by atoms with Gasteiger partial charge >= 0.3 is 0 Å². The monoisotopic (exact) mass is 263 g/mol. The van der Waals surface area contributed by atoms with Gasteiger partial charge in [-0.1, -0.05) is 5.16 Å². The maximum Gasteiger partial charge on any atom is 0.261 e. The van der Waals surface area contributed by atoms with Crippen LogP contribution >= 0.6 is 0 Å². The molecule has 0 saturated carbocycles. The van der Waals surface area contributed by atoms with Crippen molar-refractivity contribution in [1.29, 1.82) is 0 Å². The number of ether oxygens (including phenoxy) is 1. The lowest BCUT2D eigenvalue weighted by molar-refractivity contribution is 0.0182. The van der Waals surface area contributed by atoms with Gasteiger partial charge in [-0.3, -0.25) is 0 Å². The van der Waals surface area contributed by atoms with Crippen molar-refractivity contribution < 1.29 is 23.1 Å². The Morgan fingerprint density at radius 2 is 2.39 bits per heavy atom. The third kappa shape index (κ3) is 3.69. The van der Waals surface area contributed by atoms with E-state index in [2.05, 4.69) is 15.5 Å². The number of halogens is 2. The summed E-state index contributed by atoms with van der Waals surface area (Å²) in [5, 5.41) is 16.1. The standard InChI is InChI=1S/C10H15F2N3O3/c11-8(12)5-17-2-1-9-14-10(18-15-9)7-3-6(16)4-13-7/h6-8,13,16H,1-5H2/t6-,7-/m0/s1. The Kier molecular flexibility index (Phi) is 4.56. The Hall–Kier alpha value is -1.12. The minimum Gasteiger partial charge on any atom is -0.392 e. The van der Waals surface area contributed by atoms with Crippen LogP contribution in [0.5, 0.6) is 0 Å². The van der Waals surface area contributed by atoms with E-state index in [0.717, 1.165) is 0 Å². The first-order chi connectivity index (χ1) is 8.65. The smallest absolute Gasteiger partial charge is 0.261 e. The van der Waals surface area contributed by atoms with Crippen LogP contribution in [-0.4, -0.2) is 47.5 Å². The number of aromatic nitrogens is 2. The van der Waals surface area contributed by atoms with Crippen LogP contribution in [-0.2, 0) is 11.2 Å². The molecule has 2 atom stereocenters. The molecule has 0 bridgehead atoms. The minimum absolute atomic E-state index is 0.129. The fourth-order valence-corrected chi connectivity index (χ4v) is 1.75. The average molecular weight is 263 g/mol. The van der Waals surface area contributed by atoms with Crippen LogP contribution in [0.4, 0.5) is 8.78 Å². The van der Waals surface area contributed by atoms with Crippen LogP contribution in [0.1, 0.15) is 24.2 Å². The first kappa shape index (κ1) is 13.3. The second kappa shape index (κ2) is 6.17.